The molecule has 0 N–H and O–H groups in total. The van der Waals surface area contributed by atoms with E-state index in [9.17, 15) is 4.79 Å². The fourth-order valence-electron chi connectivity index (χ4n) is 2.16. The van der Waals surface area contributed by atoms with Crippen molar-refractivity contribution in [1.29, 1.82) is 0 Å². The number of nitrogens with zero attached hydrogens (tertiary/aromatic N) is 2. The largest absolute Gasteiger partial charge is 0.497 e. The van der Waals surface area contributed by atoms with Crippen LogP contribution in [0, 0.1) is 0 Å². The van der Waals surface area contributed by atoms with Crippen molar-refractivity contribution < 1.29 is 9.53 Å². The number of aldehydes is 1. The molecule has 4 heteroatoms. The number of imidazole rings is 1. The highest BCUT2D eigenvalue weighted by atomic mass is 16.5. The van der Waals surface area contributed by atoms with Crippen molar-refractivity contribution in [2.45, 2.75) is 6.42 Å². The molecule has 3 aromatic rings. The molecule has 0 spiro atoms. The molecule has 20 heavy (non-hydrogen) atoms. The van der Waals surface area contributed by atoms with E-state index < -0.39 is 0 Å². The molecule has 0 saturated carbocycles. The minimum atomic E-state index is 0.638. The van der Waals surface area contributed by atoms with Gasteiger partial charge in [0, 0.05) is 24.4 Å². The Labute approximate surface area is 116 Å². The van der Waals surface area contributed by atoms with Crippen molar-refractivity contribution in [1.82, 2.24) is 9.38 Å². The van der Waals surface area contributed by atoms with Crippen LogP contribution >= 0.6 is 0 Å². The minimum Gasteiger partial charge on any atom is -0.497 e. The fraction of sp³-hybridized carbons (Fsp3) is 0.125. The lowest BCUT2D eigenvalue weighted by molar-refractivity contribution is 0.112. The average Bonchev–Trinajstić information content (AvgIpc) is 2.89. The van der Waals surface area contributed by atoms with E-state index in [4.69, 9.17) is 4.74 Å². The second kappa shape index (κ2) is 5.17. The number of hydrogen-bond acceptors (Lipinski definition) is 3. The van der Waals surface area contributed by atoms with Gasteiger partial charge in [0.2, 0.25) is 0 Å². The zero-order chi connectivity index (χ0) is 13.9. The predicted molar refractivity (Wildman–Crippen MR) is 76.4 cm³/mol. The molecule has 0 aliphatic rings. The fourth-order valence-corrected chi connectivity index (χ4v) is 2.16. The van der Waals surface area contributed by atoms with Gasteiger partial charge in [-0.25, -0.2) is 4.98 Å². The molecule has 100 valence electrons. The first kappa shape index (κ1) is 12.4. The zero-order valence-electron chi connectivity index (χ0n) is 11.1. The van der Waals surface area contributed by atoms with Gasteiger partial charge >= 0.3 is 0 Å². The number of hydrogen-bond donors (Lipinski definition) is 0. The monoisotopic (exact) mass is 266 g/mol. The zero-order valence-corrected chi connectivity index (χ0v) is 11.1. The second-order valence-electron chi connectivity index (χ2n) is 4.60. The Morgan fingerprint density at radius 3 is 2.75 bits per heavy atom. The van der Waals surface area contributed by atoms with Crippen molar-refractivity contribution in [3.63, 3.8) is 0 Å². The lowest BCUT2D eigenvalue weighted by Crippen LogP contribution is -1.89. The molecule has 0 radical (unpaired) electrons. The van der Waals surface area contributed by atoms with Crippen molar-refractivity contribution in [2.24, 2.45) is 0 Å². The van der Waals surface area contributed by atoms with E-state index >= 15 is 0 Å². The standard InChI is InChI=1S/C16H14N2O2/c1-20-15-4-2-12(3-5-15)8-14-10-18-7-6-13(11-19)9-16(18)17-14/h2-7,9-11H,8H2,1H3. The van der Waals surface area contributed by atoms with Crippen LogP contribution in [0.25, 0.3) is 5.65 Å². The van der Waals surface area contributed by atoms with E-state index in [1.807, 2.05) is 41.1 Å². The summed E-state index contributed by atoms with van der Waals surface area (Å²) in [5.74, 6) is 0.847. The Balaban J connectivity index is 1.87. The Morgan fingerprint density at radius 2 is 2.05 bits per heavy atom. The van der Waals surface area contributed by atoms with E-state index in [1.165, 1.54) is 5.56 Å². The Kier molecular flexibility index (Phi) is 3.21. The number of ether oxygens (including phenoxy) is 1. The number of carbonyl (C=O) groups is 1. The number of methoxy groups -OCH3 is 1. The second-order valence-corrected chi connectivity index (χ2v) is 4.60. The molecular formula is C16H14N2O2. The maximum absolute atomic E-state index is 10.8. The molecule has 4 nitrogen and oxygen atoms in total. The molecule has 1 aromatic carbocycles. The van der Waals surface area contributed by atoms with Gasteiger partial charge in [0.05, 0.1) is 12.8 Å². The third kappa shape index (κ3) is 2.40. The summed E-state index contributed by atoms with van der Waals surface area (Å²) in [5, 5.41) is 0. The van der Waals surface area contributed by atoms with Gasteiger partial charge < -0.3 is 9.14 Å². The van der Waals surface area contributed by atoms with Crippen LogP contribution in [0.2, 0.25) is 0 Å². The molecule has 2 aromatic heterocycles. The van der Waals surface area contributed by atoms with Crippen LogP contribution in [0.1, 0.15) is 21.6 Å². The van der Waals surface area contributed by atoms with Crippen LogP contribution in [-0.2, 0) is 6.42 Å². The summed E-state index contributed by atoms with van der Waals surface area (Å²) in [7, 11) is 1.65. The highest BCUT2D eigenvalue weighted by Gasteiger charge is 2.04. The van der Waals surface area contributed by atoms with E-state index in [-0.39, 0.29) is 0 Å². The van der Waals surface area contributed by atoms with Crippen LogP contribution in [0.15, 0.2) is 48.8 Å². The van der Waals surface area contributed by atoms with Gasteiger partial charge in [0.25, 0.3) is 0 Å². The van der Waals surface area contributed by atoms with Gasteiger partial charge in [-0.3, -0.25) is 4.79 Å². The van der Waals surface area contributed by atoms with Gasteiger partial charge in [-0.2, -0.15) is 0 Å². The maximum Gasteiger partial charge on any atom is 0.150 e. The van der Waals surface area contributed by atoms with E-state index in [0.29, 0.717) is 5.56 Å². The molecule has 0 aliphatic carbocycles. The van der Waals surface area contributed by atoms with E-state index in [2.05, 4.69) is 4.98 Å². The Morgan fingerprint density at radius 1 is 1.25 bits per heavy atom. The summed E-state index contributed by atoms with van der Waals surface area (Å²) >= 11 is 0. The number of rotatable bonds is 4. The Hall–Kier alpha value is -2.62. The minimum absolute atomic E-state index is 0.638. The maximum atomic E-state index is 10.8. The van der Waals surface area contributed by atoms with Gasteiger partial charge in [-0.1, -0.05) is 12.1 Å². The summed E-state index contributed by atoms with van der Waals surface area (Å²) in [6.07, 6.45) is 5.41. The smallest absolute Gasteiger partial charge is 0.150 e. The number of benzene rings is 1. The summed E-state index contributed by atoms with van der Waals surface area (Å²) in [5.41, 5.74) is 3.57. The predicted octanol–water partition coefficient (Wildman–Crippen LogP) is 2.75. The third-order valence-corrected chi connectivity index (χ3v) is 3.21. The quantitative estimate of drug-likeness (QED) is 0.682. The van der Waals surface area contributed by atoms with Gasteiger partial charge in [0.1, 0.15) is 17.7 Å². The molecule has 0 bridgehead atoms. The summed E-state index contributed by atoms with van der Waals surface area (Å²) in [6, 6.07) is 11.5. The molecule has 0 atom stereocenters. The van der Waals surface area contributed by atoms with Crippen LogP contribution in [0.5, 0.6) is 5.75 Å². The molecular weight excluding hydrogens is 252 g/mol. The first-order valence-electron chi connectivity index (χ1n) is 6.34. The summed E-state index contributed by atoms with van der Waals surface area (Å²) in [6.45, 7) is 0. The molecule has 3 rings (SSSR count). The molecule has 0 unspecified atom stereocenters. The normalized spacial score (nSPS) is 10.7. The number of aromatic nitrogens is 2. The van der Waals surface area contributed by atoms with E-state index in [0.717, 1.165) is 29.8 Å². The van der Waals surface area contributed by atoms with Gasteiger partial charge in [0.15, 0.2) is 0 Å². The number of fused-ring (bicyclic) bond motifs is 1. The van der Waals surface area contributed by atoms with Crippen molar-refractivity contribution in [3.8, 4) is 5.75 Å². The molecule has 2 heterocycles. The summed E-state index contributed by atoms with van der Waals surface area (Å²) in [4.78, 5) is 15.3. The van der Waals surface area contributed by atoms with Crippen LogP contribution in [0.3, 0.4) is 0 Å². The topological polar surface area (TPSA) is 43.6 Å². The van der Waals surface area contributed by atoms with Crippen molar-refractivity contribution >= 4 is 11.9 Å². The number of pyridine rings is 1. The molecule has 0 amide bonds. The van der Waals surface area contributed by atoms with Crippen molar-refractivity contribution in [3.05, 3.63) is 65.6 Å². The third-order valence-electron chi connectivity index (χ3n) is 3.21. The average molecular weight is 266 g/mol. The molecule has 0 saturated heterocycles. The highest BCUT2D eigenvalue weighted by molar-refractivity contribution is 5.76. The first-order valence-corrected chi connectivity index (χ1v) is 6.34. The highest BCUT2D eigenvalue weighted by Crippen LogP contribution is 2.15. The van der Waals surface area contributed by atoms with Crippen LogP contribution in [-0.4, -0.2) is 22.8 Å². The lowest BCUT2D eigenvalue weighted by Gasteiger charge is -2.01. The van der Waals surface area contributed by atoms with E-state index in [1.54, 1.807) is 19.2 Å². The van der Waals surface area contributed by atoms with Gasteiger partial charge in [-0.05, 0) is 29.8 Å². The Bertz CT molecular complexity index is 745. The molecule has 0 fully saturated rings. The van der Waals surface area contributed by atoms with Gasteiger partial charge in [-0.15, -0.1) is 0 Å². The number of carbonyl (C=O) groups excluding carboxylic acids is 1. The lowest BCUT2D eigenvalue weighted by atomic mass is 10.1. The van der Waals surface area contributed by atoms with Crippen LogP contribution < -0.4 is 4.74 Å². The summed E-state index contributed by atoms with van der Waals surface area (Å²) < 4.78 is 7.06. The van der Waals surface area contributed by atoms with Crippen molar-refractivity contribution in [2.75, 3.05) is 7.11 Å². The first-order chi connectivity index (χ1) is 9.78. The molecule has 0 aliphatic heterocycles. The SMILES string of the molecule is COc1ccc(Cc2cn3ccc(C=O)cc3n2)cc1. The van der Waals surface area contributed by atoms with Crippen LogP contribution in [0.4, 0.5) is 0 Å².